The van der Waals surface area contributed by atoms with Gasteiger partial charge in [-0.3, -0.25) is 9.48 Å². The topological polar surface area (TPSA) is 70.7 Å². The van der Waals surface area contributed by atoms with E-state index in [1.165, 1.54) is 0 Å². The van der Waals surface area contributed by atoms with Crippen LogP contribution in [-0.4, -0.2) is 15.7 Å². The molecule has 5 heteroatoms. The summed E-state index contributed by atoms with van der Waals surface area (Å²) >= 11 is 0. The molecule has 0 atom stereocenters. The number of benzene rings is 1. The fourth-order valence-electron chi connectivity index (χ4n) is 2.90. The first-order valence-electron chi connectivity index (χ1n) is 8.22. The number of carbonyl (C=O) groups is 1. The van der Waals surface area contributed by atoms with Crippen LogP contribution >= 0.6 is 0 Å². The van der Waals surface area contributed by atoms with E-state index < -0.39 is 5.54 Å². The highest BCUT2D eigenvalue weighted by molar-refractivity contribution is 5.97. The lowest BCUT2D eigenvalue weighted by Crippen LogP contribution is -2.41. The SMILES string of the molecule is Cc1cnn(C(C)(C)C(=O)Nc2ccc(C#N)cc2C2CC2)c1C. The van der Waals surface area contributed by atoms with Gasteiger partial charge in [0.1, 0.15) is 5.54 Å². The van der Waals surface area contributed by atoms with Crippen molar-refractivity contribution in [2.45, 2.75) is 52.0 Å². The molecule has 24 heavy (non-hydrogen) atoms. The van der Waals surface area contributed by atoms with Crippen molar-refractivity contribution in [1.82, 2.24) is 9.78 Å². The molecule has 124 valence electrons. The maximum atomic E-state index is 12.9. The van der Waals surface area contributed by atoms with Gasteiger partial charge in [0.05, 0.1) is 17.8 Å². The number of hydrogen-bond acceptors (Lipinski definition) is 3. The zero-order valence-electron chi connectivity index (χ0n) is 14.6. The molecule has 1 aromatic heterocycles. The maximum absolute atomic E-state index is 12.9. The van der Waals surface area contributed by atoms with E-state index in [4.69, 9.17) is 5.26 Å². The van der Waals surface area contributed by atoms with Crippen molar-refractivity contribution in [2.75, 3.05) is 5.32 Å². The summed E-state index contributed by atoms with van der Waals surface area (Å²) in [5.41, 5.74) is 3.74. The molecule has 0 bridgehead atoms. The summed E-state index contributed by atoms with van der Waals surface area (Å²) in [7, 11) is 0. The Morgan fingerprint density at radius 3 is 2.62 bits per heavy atom. The van der Waals surface area contributed by atoms with Crippen molar-refractivity contribution in [2.24, 2.45) is 0 Å². The van der Waals surface area contributed by atoms with Crippen LogP contribution in [0.2, 0.25) is 0 Å². The third kappa shape index (κ3) is 2.80. The summed E-state index contributed by atoms with van der Waals surface area (Å²) in [5.74, 6) is 0.339. The molecule has 2 aromatic rings. The van der Waals surface area contributed by atoms with Crippen molar-refractivity contribution in [1.29, 1.82) is 5.26 Å². The van der Waals surface area contributed by atoms with E-state index in [1.54, 1.807) is 16.9 Å². The lowest BCUT2D eigenvalue weighted by molar-refractivity contribution is -0.123. The molecule has 1 aliphatic rings. The zero-order chi connectivity index (χ0) is 17.5. The van der Waals surface area contributed by atoms with Crippen molar-refractivity contribution in [3.63, 3.8) is 0 Å². The van der Waals surface area contributed by atoms with Crippen LogP contribution in [0.1, 0.15) is 55.0 Å². The normalized spacial score (nSPS) is 14.3. The molecule has 1 saturated carbocycles. The molecule has 0 radical (unpaired) electrons. The molecule has 1 aliphatic carbocycles. The Bertz CT molecular complexity index is 838. The van der Waals surface area contributed by atoms with E-state index in [0.29, 0.717) is 11.5 Å². The van der Waals surface area contributed by atoms with E-state index in [2.05, 4.69) is 16.5 Å². The predicted molar refractivity (Wildman–Crippen MR) is 92.8 cm³/mol. The molecule has 1 amide bonds. The minimum Gasteiger partial charge on any atom is -0.324 e. The Balaban J connectivity index is 1.90. The van der Waals surface area contributed by atoms with Crippen LogP contribution in [0.25, 0.3) is 0 Å². The number of carbonyl (C=O) groups excluding carboxylic acids is 1. The number of amides is 1. The standard InChI is InChI=1S/C19H22N4O/c1-12-11-21-23(13(12)2)19(3,4)18(24)22-17-8-5-14(10-20)9-16(17)15-6-7-15/h5,8-9,11,15H,6-7H2,1-4H3,(H,22,24). The van der Waals surface area contributed by atoms with Gasteiger partial charge in [0, 0.05) is 11.4 Å². The molecule has 5 nitrogen and oxygen atoms in total. The molecule has 1 fully saturated rings. The summed E-state index contributed by atoms with van der Waals surface area (Å²) in [6.07, 6.45) is 4.00. The van der Waals surface area contributed by atoms with Crippen molar-refractivity contribution >= 4 is 11.6 Å². The van der Waals surface area contributed by atoms with Gasteiger partial charge in [-0.25, -0.2) is 0 Å². The molecule has 0 saturated heterocycles. The van der Waals surface area contributed by atoms with Gasteiger partial charge in [-0.2, -0.15) is 10.4 Å². The molecule has 0 spiro atoms. The molecule has 0 unspecified atom stereocenters. The largest absolute Gasteiger partial charge is 0.324 e. The zero-order valence-corrected chi connectivity index (χ0v) is 14.6. The number of nitriles is 1. The van der Waals surface area contributed by atoms with Gasteiger partial charge in [0.15, 0.2) is 0 Å². The lowest BCUT2D eigenvalue weighted by atomic mass is 10.0. The Kier molecular flexibility index (Phi) is 3.92. The van der Waals surface area contributed by atoms with Crippen LogP contribution in [0.5, 0.6) is 0 Å². The Morgan fingerprint density at radius 2 is 2.08 bits per heavy atom. The maximum Gasteiger partial charge on any atom is 0.251 e. The number of nitrogens with zero attached hydrogens (tertiary/aromatic N) is 3. The van der Waals surface area contributed by atoms with Crippen molar-refractivity contribution in [3.05, 3.63) is 46.8 Å². The molecule has 1 heterocycles. The second-order valence-corrected chi connectivity index (χ2v) is 7.03. The van der Waals surface area contributed by atoms with Gasteiger partial charge in [-0.15, -0.1) is 0 Å². The van der Waals surface area contributed by atoms with Gasteiger partial charge < -0.3 is 5.32 Å². The number of aryl methyl sites for hydroxylation is 1. The first-order valence-corrected chi connectivity index (χ1v) is 8.22. The van der Waals surface area contributed by atoms with Crippen LogP contribution in [-0.2, 0) is 10.3 Å². The number of nitrogens with one attached hydrogen (secondary N) is 1. The molecule has 1 aromatic carbocycles. The van der Waals surface area contributed by atoms with Crippen LogP contribution < -0.4 is 5.32 Å². The van der Waals surface area contributed by atoms with E-state index in [9.17, 15) is 4.79 Å². The van der Waals surface area contributed by atoms with Crippen LogP contribution in [0.3, 0.4) is 0 Å². The highest BCUT2D eigenvalue weighted by Crippen LogP contribution is 2.44. The van der Waals surface area contributed by atoms with Gasteiger partial charge in [-0.1, -0.05) is 0 Å². The Hall–Kier alpha value is -2.61. The van der Waals surface area contributed by atoms with Crippen LogP contribution in [0.15, 0.2) is 24.4 Å². The number of hydrogen-bond donors (Lipinski definition) is 1. The van der Waals surface area contributed by atoms with Gasteiger partial charge in [0.25, 0.3) is 5.91 Å². The average molecular weight is 322 g/mol. The van der Waals surface area contributed by atoms with E-state index in [-0.39, 0.29) is 5.91 Å². The first kappa shape index (κ1) is 16.3. The fraction of sp³-hybridized carbons (Fsp3) is 0.421. The minimum atomic E-state index is -0.799. The Morgan fingerprint density at radius 1 is 1.38 bits per heavy atom. The van der Waals surface area contributed by atoms with Crippen molar-refractivity contribution in [3.8, 4) is 6.07 Å². The smallest absolute Gasteiger partial charge is 0.251 e. The molecular formula is C19H22N4O. The summed E-state index contributed by atoms with van der Waals surface area (Å²) in [5, 5.41) is 16.5. The summed E-state index contributed by atoms with van der Waals surface area (Å²) in [6.45, 7) is 7.68. The first-order chi connectivity index (χ1) is 11.3. The quantitative estimate of drug-likeness (QED) is 0.934. The highest BCUT2D eigenvalue weighted by atomic mass is 16.2. The number of aromatic nitrogens is 2. The van der Waals surface area contributed by atoms with Crippen LogP contribution in [0.4, 0.5) is 5.69 Å². The van der Waals surface area contributed by atoms with Gasteiger partial charge >= 0.3 is 0 Å². The van der Waals surface area contributed by atoms with Gasteiger partial charge in [0.2, 0.25) is 0 Å². The van der Waals surface area contributed by atoms with Crippen molar-refractivity contribution < 1.29 is 4.79 Å². The van der Waals surface area contributed by atoms with E-state index in [1.807, 2.05) is 39.8 Å². The highest BCUT2D eigenvalue weighted by Gasteiger charge is 2.34. The molecule has 0 aliphatic heterocycles. The molecular weight excluding hydrogens is 300 g/mol. The summed E-state index contributed by atoms with van der Waals surface area (Å²) in [6, 6.07) is 7.65. The third-order valence-electron chi connectivity index (χ3n) is 4.79. The predicted octanol–water partition coefficient (Wildman–Crippen LogP) is 3.62. The third-order valence-corrected chi connectivity index (χ3v) is 4.79. The summed E-state index contributed by atoms with van der Waals surface area (Å²) in [4.78, 5) is 12.9. The number of anilines is 1. The molecule has 1 N–H and O–H groups in total. The second kappa shape index (κ2) is 5.79. The Labute approximate surface area is 142 Å². The summed E-state index contributed by atoms with van der Waals surface area (Å²) < 4.78 is 1.76. The lowest BCUT2D eigenvalue weighted by Gasteiger charge is -2.26. The fourth-order valence-corrected chi connectivity index (χ4v) is 2.90. The molecule has 3 rings (SSSR count). The second-order valence-electron chi connectivity index (χ2n) is 7.03. The number of rotatable bonds is 4. The van der Waals surface area contributed by atoms with Gasteiger partial charge in [-0.05, 0) is 75.8 Å². The van der Waals surface area contributed by atoms with E-state index in [0.717, 1.165) is 35.3 Å². The van der Waals surface area contributed by atoms with Crippen LogP contribution in [0, 0.1) is 25.2 Å². The van der Waals surface area contributed by atoms with E-state index >= 15 is 0 Å². The average Bonchev–Trinajstić information content (AvgIpc) is 3.34. The monoisotopic (exact) mass is 322 g/mol. The minimum absolute atomic E-state index is 0.111.